The highest BCUT2D eigenvalue weighted by Crippen LogP contribution is 2.36. The Bertz CT molecular complexity index is 460. The molecular formula is C14H18BrFO3. The lowest BCUT2D eigenvalue weighted by molar-refractivity contribution is -0.142. The molecule has 0 aliphatic heterocycles. The number of ether oxygens (including phenoxy) is 2. The molecule has 0 aliphatic rings. The molecule has 19 heavy (non-hydrogen) atoms. The van der Waals surface area contributed by atoms with Gasteiger partial charge in [-0.3, -0.25) is 4.79 Å². The summed E-state index contributed by atoms with van der Waals surface area (Å²) < 4.78 is 24.0. The van der Waals surface area contributed by atoms with E-state index in [-0.39, 0.29) is 18.3 Å². The van der Waals surface area contributed by atoms with Crippen LogP contribution >= 0.6 is 15.9 Å². The van der Waals surface area contributed by atoms with Gasteiger partial charge in [-0.15, -0.1) is 0 Å². The summed E-state index contributed by atoms with van der Waals surface area (Å²) in [5.41, 5.74) is 1.26. The number of carbonyl (C=O) groups is 1. The van der Waals surface area contributed by atoms with E-state index in [2.05, 4.69) is 15.9 Å². The smallest absolute Gasteiger partial charge is 0.324 e. The van der Waals surface area contributed by atoms with Crippen molar-refractivity contribution < 1.29 is 18.7 Å². The van der Waals surface area contributed by atoms with Gasteiger partial charge in [-0.1, -0.05) is 29.8 Å². The van der Waals surface area contributed by atoms with Crippen molar-refractivity contribution in [3.63, 3.8) is 0 Å². The van der Waals surface area contributed by atoms with E-state index in [0.29, 0.717) is 5.56 Å². The molecule has 0 spiro atoms. The van der Waals surface area contributed by atoms with E-state index in [1.54, 1.807) is 13.0 Å². The van der Waals surface area contributed by atoms with Crippen LogP contribution in [0.1, 0.15) is 42.6 Å². The number of halogens is 2. The second-order valence-electron chi connectivity index (χ2n) is 4.39. The Morgan fingerprint density at radius 3 is 2.53 bits per heavy atom. The van der Waals surface area contributed by atoms with Crippen LogP contribution in [-0.2, 0) is 9.53 Å². The lowest BCUT2D eigenvalue weighted by atomic mass is 9.98. The fourth-order valence-electron chi connectivity index (χ4n) is 1.72. The molecule has 0 saturated heterocycles. The van der Waals surface area contributed by atoms with Crippen molar-refractivity contribution in [2.75, 3.05) is 13.7 Å². The van der Waals surface area contributed by atoms with Gasteiger partial charge in [-0.05, 0) is 30.5 Å². The second-order valence-corrected chi connectivity index (χ2v) is 5.31. The van der Waals surface area contributed by atoms with Crippen LogP contribution in [0.4, 0.5) is 4.39 Å². The second kappa shape index (κ2) is 6.89. The number of hydrogen-bond acceptors (Lipinski definition) is 3. The summed E-state index contributed by atoms with van der Waals surface area (Å²) in [7, 11) is 1.38. The van der Waals surface area contributed by atoms with Crippen LogP contribution in [0.5, 0.6) is 5.75 Å². The number of rotatable bonds is 5. The van der Waals surface area contributed by atoms with Gasteiger partial charge in [-0.25, -0.2) is 4.39 Å². The van der Waals surface area contributed by atoms with Crippen LogP contribution in [0.3, 0.4) is 0 Å². The molecule has 0 N–H and O–H groups in total. The van der Waals surface area contributed by atoms with E-state index >= 15 is 0 Å². The predicted molar refractivity (Wildman–Crippen MR) is 75.3 cm³/mol. The first-order valence-electron chi connectivity index (χ1n) is 6.10. The maximum atomic E-state index is 14.0. The largest absolute Gasteiger partial charge is 0.493 e. The highest BCUT2D eigenvalue weighted by atomic mass is 79.9. The topological polar surface area (TPSA) is 35.5 Å². The van der Waals surface area contributed by atoms with E-state index in [0.717, 1.165) is 5.56 Å². The monoisotopic (exact) mass is 332 g/mol. The standard InChI is InChI=1S/C14H18BrFO3/c1-5-19-14(17)12(15)10-6-9(8(2)3)7-11(16)13(10)18-4/h6-8,12H,5H2,1-4H3. The Hall–Kier alpha value is -1.10. The summed E-state index contributed by atoms with van der Waals surface area (Å²) >= 11 is 3.24. The molecule has 1 aromatic rings. The average molecular weight is 333 g/mol. The fraction of sp³-hybridized carbons (Fsp3) is 0.500. The number of alkyl halides is 1. The van der Waals surface area contributed by atoms with Crippen molar-refractivity contribution >= 4 is 21.9 Å². The minimum absolute atomic E-state index is 0.0688. The van der Waals surface area contributed by atoms with Gasteiger partial charge in [0.1, 0.15) is 4.83 Å². The lowest BCUT2D eigenvalue weighted by Crippen LogP contribution is -2.13. The van der Waals surface area contributed by atoms with E-state index in [1.807, 2.05) is 13.8 Å². The zero-order valence-electron chi connectivity index (χ0n) is 11.5. The van der Waals surface area contributed by atoms with Crippen molar-refractivity contribution in [3.8, 4) is 5.75 Å². The van der Waals surface area contributed by atoms with Gasteiger partial charge in [0.2, 0.25) is 0 Å². The highest BCUT2D eigenvalue weighted by Gasteiger charge is 2.25. The van der Waals surface area contributed by atoms with Crippen LogP contribution < -0.4 is 4.74 Å². The Morgan fingerprint density at radius 2 is 2.05 bits per heavy atom. The minimum Gasteiger partial charge on any atom is -0.493 e. The first-order valence-corrected chi connectivity index (χ1v) is 7.01. The number of esters is 1. The highest BCUT2D eigenvalue weighted by molar-refractivity contribution is 9.09. The molecule has 0 bridgehead atoms. The molecule has 0 amide bonds. The van der Waals surface area contributed by atoms with E-state index < -0.39 is 16.6 Å². The van der Waals surface area contributed by atoms with E-state index in [1.165, 1.54) is 13.2 Å². The van der Waals surface area contributed by atoms with Gasteiger partial charge in [0.15, 0.2) is 11.6 Å². The van der Waals surface area contributed by atoms with Crippen molar-refractivity contribution in [2.24, 2.45) is 0 Å². The van der Waals surface area contributed by atoms with Gasteiger partial charge in [-0.2, -0.15) is 0 Å². The van der Waals surface area contributed by atoms with E-state index in [9.17, 15) is 9.18 Å². The zero-order valence-corrected chi connectivity index (χ0v) is 13.1. The van der Waals surface area contributed by atoms with Crippen molar-refractivity contribution in [3.05, 3.63) is 29.1 Å². The first-order chi connectivity index (χ1) is 8.92. The Balaban J connectivity index is 3.26. The average Bonchev–Trinajstić information content (AvgIpc) is 2.36. The van der Waals surface area contributed by atoms with E-state index in [4.69, 9.17) is 9.47 Å². The normalized spacial score (nSPS) is 12.4. The molecule has 0 aliphatic carbocycles. The van der Waals surface area contributed by atoms with Crippen LogP contribution in [0.2, 0.25) is 0 Å². The molecule has 0 fully saturated rings. The van der Waals surface area contributed by atoms with Crippen molar-refractivity contribution in [1.82, 2.24) is 0 Å². The van der Waals surface area contributed by atoms with Gasteiger partial charge >= 0.3 is 5.97 Å². The Kier molecular flexibility index (Phi) is 5.79. The van der Waals surface area contributed by atoms with Gasteiger partial charge in [0, 0.05) is 5.56 Å². The number of hydrogen-bond donors (Lipinski definition) is 0. The van der Waals surface area contributed by atoms with Crippen LogP contribution in [0.25, 0.3) is 0 Å². The molecule has 5 heteroatoms. The summed E-state index contributed by atoms with van der Waals surface area (Å²) in [4.78, 5) is 11.0. The first kappa shape index (κ1) is 16.0. The summed E-state index contributed by atoms with van der Waals surface area (Å²) in [5.74, 6) is -0.709. The SMILES string of the molecule is CCOC(=O)C(Br)c1cc(C(C)C)cc(F)c1OC. The third kappa shape index (κ3) is 3.69. The predicted octanol–water partition coefficient (Wildman–Crippen LogP) is 3.96. The Labute approximate surface area is 121 Å². The molecule has 0 heterocycles. The maximum absolute atomic E-state index is 14.0. The molecule has 106 valence electrons. The number of benzene rings is 1. The van der Waals surface area contributed by atoms with Gasteiger partial charge in [0.05, 0.1) is 13.7 Å². The quantitative estimate of drug-likeness (QED) is 0.604. The molecule has 0 radical (unpaired) electrons. The summed E-state index contributed by atoms with van der Waals surface area (Å²) in [5, 5.41) is 0. The molecular weight excluding hydrogens is 315 g/mol. The maximum Gasteiger partial charge on any atom is 0.324 e. The third-order valence-corrected chi connectivity index (χ3v) is 3.60. The van der Waals surface area contributed by atoms with Crippen LogP contribution in [-0.4, -0.2) is 19.7 Å². The number of carbonyl (C=O) groups excluding carboxylic acids is 1. The molecule has 1 rings (SSSR count). The third-order valence-electron chi connectivity index (χ3n) is 2.73. The Morgan fingerprint density at radius 1 is 1.42 bits per heavy atom. The molecule has 0 saturated carbocycles. The number of methoxy groups -OCH3 is 1. The van der Waals surface area contributed by atoms with Crippen molar-refractivity contribution in [1.29, 1.82) is 0 Å². The summed E-state index contributed by atoms with van der Waals surface area (Å²) in [6, 6.07) is 3.20. The van der Waals surface area contributed by atoms with Gasteiger partial charge < -0.3 is 9.47 Å². The molecule has 3 nitrogen and oxygen atoms in total. The minimum atomic E-state index is -0.740. The summed E-state index contributed by atoms with van der Waals surface area (Å²) in [6.45, 7) is 5.91. The molecule has 1 aromatic carbocycles. The summed E-state index contributed by atoms with van der Waals surface area (Å²) in [6.07, 6.45) is 0. The lowest BCUT2D eigenvalue weighted by Gasteiger charge is -2.17. The fourth-order valence-corrected chi connectivity index (χ4v) is 2.19. The molecule has 1 atom stereocenters. The van der Waals surface area contributed by atoms with Crippen LogP contribution in [0.15, 0.2) is 12.1 Å². The van der Waals surface area contributed by atoms with Gasteiger partial charge in [0.25, 0.3) is 0 Å². The van der Waals surface area contributed by atoms with Crippen molar-refractivity contribution in [2.45, 2.75) is 31.5 Å². The molecule has 0 aromatic heterocycles. The molecule has 1 unspecified atom stereocenters. The van der Waals surface area contributed by atoms with Crippen LogP contribution in [0, 0.1) is 5.82 Å². The zero-order chi connectivity index (χ0) is 14.6.